The number of halogens is 1. The van der Waals surface area contributed by atoms with Crippen LogP contribution in [0.25, 0.3) is 0 Å². The SMILES string of the molecule is C[C@H](N)C(=O)N[C@H](CCC(N)=O)C(N)=O.Cl. The smallest absolute Gasteiger partial charge is 0.240 e. The van der Waals surface area contributed by atoms with Crippen LogP contribution in [0.2, 0.25) is 0 Å². The van der Waals surface area contributed by atoms with Crippen molar-refractivity contribution in [3.05, 3.63) is 0 Å². The number of rotatable bonds is 6. The van der Waals surface area contributed by atoms with E-state index in [1.165, 1.54) is 6.92 Å². The summed E-state index contributed by atoms with van der Waals surface area (Å²) >= 11 is 0. The standard InChI is InChI=1S/C8H16N4O3.ClH/c1-4(9)8(15)12-5(7(11)14)2-3-6(10)13;/h4-5H,2-3,9H2,1H3,(H2,10,13)(H2,11,14)(H,12,15);1H/t4-,5+;/m0./s1. The third kappa shape index (κ3) is 7.02. The second-order valence-electron chi connectivity index (χ2n) is 3.26. The van der Waals surface area contributed by atoms with Crippen LogP contribution in [0.4, 0.5) is 0 Å². The fourth-order valence-electron chi connectivity index (χ4n) is 0.875. The topological polar surface area (TPSA) is 141 Å². The van der Waals surface area contributed by atoms with Crippen LogP contribution in [0.5, 0.6) is 0 Å². The van der Waals surface area contributed by atoms with Gasteiger partial charge in [-0.3, -0.25) is 14.4 Å². The van der Waals surface area contributed by atoms with E-state index < -0.39 is 29.8 Å². The van der Waals surface area contributed by atoms with E-state index >= 15 is 0 Å². The van der Waals surface area contributed by atoms with E-state index in [4.69, 9.17) is 17.2 Å². The summed E-state index contributed by atoms with van der Waals surface area (Å²) in [5, 5.41) is 2.33. The molecule has 0 aliphatic rings. The van der Waals surface area contributed by atoms with E-state index in [1.807, 2.05) is 0 Å². The fraction of sp³-hybridized carbons (Fsp3) is 0.625. The van der Waals surface area contributed by atoms with Gasteiger partial charge in [0.05, 0.1) is 6.04 Å². The summed E-state index contributed by atoms with van der Waals surface area (Å²) < 4.78 is 0. The highest BCUT2D eigenvalue weighted by atomic mass is 35.5. The van der Waals surface area contributed by atoms with Crippen LogP contribution >= 0.6 is 12.4 Å². The van der Waals surface area contributed by atoms with Gasteiger partial charge in [0.1, 0.15) is 6.04 Å². The van der Waals surface area contributed by atoms with Crippen LogP contribution in [0.15, 0.2) is 0 Å². The first kappa shape index (κ1) is 17.1. The molecule has 0 unspecified atom stereocenters. The summed E-state index contributed by atoms with van der Waals surface area (Å²) in [5.41, 5.74) is 15.2. The molecule has 0 aromatic heterocycles. The van der Waals surface area contributed by atoms with Crippen molar-refractivity contribution in [3.63, 3.8) is 0 Å². The maximum absolute atomic E-state index is 11.1. The molecule has 0 rings (SSSR count). The number of primary amides is 2. The minimum atomic E-state index is -0.906. The quantitative estimate of drug-likeness (QED) is 0.433. The number of amides is 3. The molecule has 0 bridgehead atoms. The van der Waals surface area contributed by atoms with Crippen molar-refractivity contribution < 1.29 is 14.4 Å². The lowest BCUT2D eigenvalue weighted by atomic mass is 10.1. The van der Waals surface area contributed by atoms with Crippen molar-refractivity contribution in [2.24, 2.45) is 17.2 Å². The lowest BCUT2D eigenvalue weighted by molar-refractivity contribution is -0.128. The first-order valence-corrected chi connectivity index (χ1v) is 4.48. The highest BCUT2D eigenvalue weighted by Crippen LogP contribution is 1.96. The summed E-state index contributed by atoms with van der Waals surface area (Å²) in [6, 6.07) is -1.64. The molecule has 7 nitrogen and oxygen atoms in total. The van der Waals surface area contributed by atoms with Gasteiger partial charge in [0.25, 0.3) is 0 Å². The zero-order chi connectivity index (χ0) is 12.0. The van der Waals surface area contributed by atoms with Crippen LogP contribution in [0.1, 0.15) is 19.8 Å². The number of nitrogens with two attached hydrogens (primary N) is 3. The predicted octanol–water partition coefficient (Wildman–Crippen LogP) is -2.01. The summed E-state index contributed by atoms with van der Waals surface area (Å²) in [5.74, 6) is -1.77. The Morgan fingerprint density at radius 3 is 2.06 bits per heavy atom. The molecule has 0 aromatic rings. The number of nitrogens with one attached hydrogen (secondary N) is 1. The van der Waals surface area contributed by atoms with Gasteiger partial charge >= 0.3 is 0 Å². The molecule has 0 radical (unpaired) electrons. The van der Waals surface area contributed by atoms with Crippen molar-refractivity contribution in [3.8, 4) is 0 Å². The minimum Gasteiger partial charge on any atom is -0.370 e. The Labute approximate surface area is 99.5 Å². The summed E-state index contributed by atoms with van der Waals surface area (Å²) in [6.45, 7) is 1.47. The number of hydrogen-bond acceptors (Lipinski definition) is 4. The maximum Gasteiger partial charge on any atom is 0.240 e. The molecule has 0 aromatic carbocycles. The molecule has 94 valence electrons. The van der Waals surface area contributed by atoms with E-state index in [1.54, 1.807) is 0 Å². The van der Waals surface area contributed by atoms with Gasteiger partial charge in [0, 0.05) is 6.42 Å². The Morgan fingerprint density at radius 1 is 1.25 bits per heavy atom. The Bertz CT molecular complexity index is 270. The molecule has 0 spiro atoms. The molecule has 0 aliphatic heterocycles. The number of hydrogen-bond donors (Lipinski definition) is 4. The van der Waals surface area contributed by atoms with Gasteiger partial charge in [-0.25, -0.2) is 0 Å². The summed E-state index contributed by atoms with van der Waals surface area (Å²) in [4.78, 5) is 32.5. The van der Waals surface area contributed by atoms with Crippen LogP contribution in [0.3, 0.4) is 0 Å². The Balaban J connectivity index is 0. The van der Waals surface area contributed by atoms with Crippen molar-refractivity contribution in [2.45, 2.75) is 31.8 Å². The largest absolute Gasteiger partial charge is 0.370 e. The second-order valence-corrected chi connectivity index (χ2v) is 3.26. The van der Waals surface area contributed by atoms with Crippen molar-refractivity contribution in [1.29, 1.82) is 0 Å². The zero-order valence-corrected chi connectivity index (χ0v) is 9.75. The molecule has 16 heavy (non-hydrogen) atoms. The van der Waals surface area contributed by atoms with Gasteiger partial charge in [-0.05, 0) is 13.3 Å². The van der Waals surface area contributed by atoms with Gasteiger partial charge in [-0.1, -0.05) is 0 Å². The number of carbonyl (C=O) groups is 3. The van der Waals surface area contributed by atoms with Gasteiger partial charge in [-0.15, -0.1) is 12.4 Å². The Morgan fingerprint density at radius 2 is 1.75 bits per heavy atom. The average molecular weight is 253 g/mol. The average Bonchev–Trinajstić information content (AvgIpc) is 2.10. The van der Waals surface area contributed by atoms with Gasteiger partial charge < -0.3 is 22.5 Å². The first-order chi connectivity index (χ1) is 6.84. The van der Waals surface area contributed by atoms with Crippen molar-refractivity contribution in [1.82, 2.24) is 5.32 Å². The number of carbonyl (C=O) groups excluding carboxylic acids is 3. The summed E-state index contributed by atoms with van der Waals surface area (Å²) in [6.07, 6.45) is 0.0654. The molecule has 8 heteroatoms. The lowest BCUT2D eigenvalue weighted by Gasteiger charge is -2.15. The predicted molar refractivity (Wildman–Crippen MR) is 60.5 cm³/mol. The minimum absolute atomic E-state index is 0. The van der Waals surface area contributed by atoms with Crippen LogP contribution in [-0.4, -0.2) is 29.8 Å². The molecule has 0 fully saturated rings. The lowest BCUT2D eigenvalue weighted by Crippen LogP contribution is -2.49. The molecule has 0 saturated carbocycles. The Kier molecular flexibility index (Phi) is 8.41. The zero-order valence-electron chi connectivity index (χ0n) is 8.93. The molecule has 2 atom stereocenters. The van der Waals surface area contributed by atoms with E-state index in [9.17, 15) is 14.4 Å². The highest BCUT2D eigenvalue weighted by Gasteiger charge is 2.20. The second kappa shape index (κ2) is 7.89. The molecular weight excluding hydrogens is 236 g/mol. The third-order valence-corrected chi connectivity index (χ3v) is 1.75. The van der Waals surface area contributed by atoms with Gasteiger partial charge in [-0.2, -0.15) is 0 Å². The molecule has 3 amide bonds. The third-order valence-electron chi connectivity index (χ3n) is 1.75. The van der Waals surface area contributed by atoms with Crippen LogP contribution in [0, 0.1) is 0 Å². The highest BCUT2D eigenvalue weighted by molar-refractivity contribution is 5.89. The fourth-order valence-corrected chi connectivity index (χ4v) is 0.875. The maximum atomic E-state index is 11.1. The van der Waals surface area contributed by atoms with Crippen LogP contribution in [-0.2, 0) is 14.4 Å². The molecular formula is C8H17ClN4O3. The Hall–Kier alpha value is -1.34. The molecule has 0 saturated heterocycles. The summed E-state index contributed by atoms with van der Waals surface area (Å²) in [7, 11) is 0. The van der Waals surface area contributed by atoms with Crippen LogP contribution < -0.4 is 22.5 Å². The molecule has 7 N–H and O–H groups in total. The van der Waals surface area contributed by atoms with E-state index in [0.717, 1.165) is 0 Å². The van der Waals surface area contributed by atoms with Gasteiger partial charge in [0.2, 0.25) is 17.7 Å². The molecule has 0 aliphatic carbocycles. The van der Waals surface area contributed by atoms with Gasteiger partial charge in [0.15, 0.2) is 0 Å². The van der Waals surface area contributed by atoms with E-state index in [0.29, 0.717) is 0 Å². The van der Waals surface area contributed by atoms with E-state index in [-0.39, 0.29) is 25.2 Å². The molecule has 0 heterocycles. The normalized spacial score (nSPS) is 13.1. The van der Waals surface area contributed by atoms with Crippen molar-refractivity contribution in [2.75, 3.05) is 0 Å². The van der Waals surface area contributed by atoms with E-state index in [2.05, 4.69) is 5.32 Å². The van der Waals surface area contributed by atoms with Crippen molar-refractivity contribution >= 4 is 30.1 Å². The first-order valence-electron chi connectivity index (χ1n) is 4.48. The monoisotopic (exact) mass is 252 g/mol.